The van der Waals surface area contributed by atoms with Gasteiger partial charge in [-0.1, -0.05) is 72.8 Å². The lowest BCUT2D eigenvalue weighted by Gasteiger charge is -2.11. The summed E-state index contributed by atoms with van der Waals surface area (Å²) in [4.78, 5) is 15.6. The molecule has 5 rings (SSSR count). The van der Waals surface area contributed by atoms with Crippen LogP contribution in [-0.2, 0) is 4.74 Å². The number of methoxy groups -OCH3 is 1. The number of carbonyl (C=O) groups is 1. The highest BCUT2D eigenvalue weighted by atomic mass is 16.5. The van der Waals surface area contributed by atoms with Gasteiger partial charge in [0, 0.05) is 21.8 Å². The van der Waals surface area contributed by atoms with E-state index in [1.54, 1.807) is 6.07 Å². The Bertz CT molecular complexity index is 1410. The number of hydrogen-bond acceptors (Lipinski definition) is 2. The number of nitrogens with one attached hydrogen (secondary N) is 1. The Balaban J connectivity index is 1.82. The highest BCUT2D eigenvalue weighted by Gasteiger charge is 2.15. The molecule has 0 saturated heterocycles. The van der Waals surface area contributed by atoms with Crippen LogP contribution in [0.25, 0.3) is 33.5 Å². The van der Waals surface area contributed by atoms with Crippen LogP contribution in [0, 0.1) is 0 Å². The zero-order valence-electron chi connectivity index (χ0n) is 17.1. The minimum atomic E-state index is -0.336. The third-order valence-electron chi connectivity index (χ3n) is 5.53. The summed E-state index contributed by atoms with van der Waals surface area (Å²) in [6, 6.07) is 32.6. The molecular formula is C28H21NO2. The van der Waals surface area contributed by atoms with Gasteiger partial charge in [-0.25, -0.2) is 4.79 Å². The van der Waals surface area contributed by atoms with Crippen LogP contribution >= 0.6 is 0 Å². The molecule has 1 heterocycles. The van der Waals surface area contributed by atoms with Gasteiger partial charge in [0.15, 0.2) is 0 Å². The Morgan fingerprint density at radius 1 is 0.774 bits per heavy atom. The number of hydrogen-bond donors (Lipinski definition) is 1. The molecule has 1 N–H and O–H groups in total. The van der Waals surface area contributed by atoms with Crippen LogP contribution in [0.2, 0.25) is 0 Å². The van der Waals surface area contributed by atoms with Crippen molar-refractivity contribution in [1.82, 2.24) is 4.98 Å². The smallest absolute Gasteiger partial charge is 0.337 e. The maximum absolute atomic E-state index is 12.2. The maximum Gasteiger partial charge on any atom is 0.337 e. The second-order valence-electron chi connectivity index (χ2n) is 7.44. The Kier molecular flexibility index (Phi) is 4.85. The fraction of sp³-hybridized carbons (Fsp3) is 0.0357. The number of aromatic amines is 1. The summed E-state index contributed by atoms with van der Waals surface area (Å²) in [6.07, 6.45) is 2.22. The molecule has 3 heteroatoms. The SMILES string of the molecule is COC(=O)c1ccc2[nH]c3cccc(/C(=C/c4ccccc4)c4ccccc4)c3c2c1. The topological polar surface area (TPSA) is 42.1 Å². The van der Waals surface area contributed by atoms with Gasteiger partial charge in [0.1, 0.15) is 0 Å². The number of H-pyrrole nitrogens is 1. The molecule has 0 unspecified atom stereocenters. The monoisotopic (exact) mass is 403 g/mol. The molecule has 3 nitrogen and oxygen atoms in total. The van der Waals surface area contributed by atoms with Crippen molar-refractivity contribution in [3.63, 3.8) is 0 Å². The van der Waals surface area contributed by atoms with Crippen LogP contribution < -0.4 is 0 Å². The standard InChI is InChI=1S/C28H21NO2/c1-31-28(30)21-15-16-25-24(18-21)27-22(13-8-14-26(27)29-25)23(20-11-6-3-7-12-20)17-19-9-4-2-5-10-19/h2-18,29H,1H3/b23-17+. The number of ether oxygens (including phenoxy) is 1. The molecule has 0 atom stereocenters. The summed E-state index contributed by atoms with van der Waals surface area (Å²) >= 11 is 0. The first-order chi connectivity index (χ1) is 15.2. The predicted octanol–water partition coefficient (Wildman–Crippen LogP) is 6.70. The maximum atomic E-state index is 12.2. The second-order valence-corrected chi connectivity index (χ2v) is 7.44. The summed E-state index contributed by atoms with van der Waals surface area (Å²) in [6.45, 7) is 0. The van der Waals surface area contributed by atoms with Gasteiger partial charge in [-0.2, -0.15) is 0 Å². The lowest BCUT2D eigenvalue weighted by atomic mass is 9.92. The summed E-state index contributed by atoms with van der Waals surface area (Å²) in [7, 11) is 1.41. The number of aromatic nitrogens is 1. The van der Waals surface area contributed by atoms with Gasteiger partial charge in [0.2, 0.25) is 0 Å². The average Bonchev–Trinajstić information content (AvgIpc) is 3.21. The van der Waals surface area contributed by atoms with Crippen LogP contribution in [0.3, 0.4) is 0 Å². The van der Waals surface area contributed by atoms with Crippen molar-refractivity contribution in [2.75, 3.05) is 7.11 Å². The van der Waals surface area contributed by atoms with E-state index in [0.29, 0.717) is 5.56 Å². The summed E-state index contributed by atoms with van der Waals surface area (Å²) in [5, 5.41) is 2.10. The van der Waals surface area contributed by atoms with Gasteiger partial charge in [0.25, 0.3) is 0 Å². The van der Waals surface area contributed by atoms with E-state index in [9.17, 15) is 4.79 Å². The van der Waals surface area contributed by atoms with E-state index in [1.807, 2.05) is 36.4 Å². The minimum absolute atomic E-state index is 0.336. The van der Waals surface area contributed by atoms with Crippen LogP contribution in [0.4, 0.5) is 0 Å². The Morgan fingerprint density at radius 2 is 1.52 bits per heavy atom. The third kappa shape index (κ3) is 3.51. The first-order valence-electron chi connectivity index (χ1n) is 10.2. The molecule has 0 aliphatic rings. The van der Waals surface area contributed by atoms with Crippen molar-refractivity contribution in [2.24, 2.45) is 0 Å². The van der Waals surface area contributed by atoms with Gasteiger partial charge >= 0.3 is 5.97 Å². The van der Waals surface area contributed by atoms with Crippen LogP contribution in [0.15, 0.2) is 97.1 Å². The van der Waals surface area contributed by atoms with Gasteiger partial charge < -0.3 is 9.72 Å². The number of carbonyl (C=O) groups excluding carboxylic acids is 1. The molecule has 0 aliphatic carbocycles. The fourth-order valence-electron chi connectivity index (χ4n) is 4.07. The molecule has 0 bridgehead atoms. The van der Waals surface area contributed by atoms with Gasteiger partial charge in [-0.3, -0.25) is 0 Å². The normalized spacial score (nSPS) is 11.7. The minimum Gasteiger partial charge on any atom is -0.465 e. The molecule has 150 valence electrons. The Labute approximate surface area is 180 Å². The summed E-state index contributed by atoms with van der Waals surface area (Å²) in [5.41, 5.74) is 7.07. The molecule has 0 radical (unpaired) electrons. The molecule has 5 aromatic rings. The van der Waals surface area contributed by atoms with Crippen LogP contribution in [0.5, 0.6) is 0 Å². The number of rotatable bonds is 4. The first-order valence-corrected chi connectivity index (χ1v) is 10.2. The highest BCUT2D eigenvalue weighted by molar-refractivity contribution is 6.15. The molecule has 0 spiro atoms. The first kappa shape index (κ1) is 18.9. The van der Waals surface area contributed by atoms with Gasteiger partial charge in [-0.15, -0.1) is 0 Å². The Hall–Kier alpha value is -4.11. The van der Waals surface area contributed by atoms with E-state index < -0.39 is 0 Å². The molecule has 0 fully saturated rings. The molecule has 4 aromatic carbocycles. The van der Waals surface area contributed by atoms with Crippen LogP contribution in [0.1, 0.15) is 27.0 Å². The lowest BCUT2D eigenvalue weighted by Crippen LogP contribution is -2.00. The Morgan fingerprint density at radius 3 is 2.26 bits per heavy atom. The predicted molar refractivity (Wildman–Crippen MR) is 127 cm³/mol. The van der Waals surface area contributed by atoms with Crippen LogP contribution in [-0.4, -0.2) is 18.1 Å². The quantitative estimate of drug-likeness (QED) is 0.268. The third-order valence-corrected chi connectivity index (χ3v) is 5.53. The molecule has 0 aliphatic heterocycles. The van der Waals surface area contributed by atoms with Gasteiger partial charge in [0.05, 0.1) is 12.7 Å². The van der Waals surface area contributed by atoms with Crippen molar-refractivity contribution in [3.05, 3.63) is 119 Å². The molecule has 0 saturated carbocycles. The molecule has 1 aromatic heterocycles. The van der Waals surface area contributed by atoms with E-state index in [1.165, 1.54) is 7.11 Å². The molecule has 31 heavy (non-hydrogen) atoms. The number of esters is 1. The second kappa shape index (κ2) is 7.96. The number of benzene rings is 4. The lowest BCUT2D eigenvalue weighted by molar-refractivity contribution is 0.0601. The van der Waals surface area contributed by atoms with Crippen molar-refractivity contribution < 1.29 is 9.53 Å². The van der Waals surface area contributed by atoms with E-state index in [2.05, 4.69) is 65.7 Å². The van der Waals surface area contributed by atoms with E-state index in [4.69, 9.17) is 4.74 Å². The van der Waals surface area contributed by atoms with E-state index >= 15 is 0 Å². The summed E-state index contributed by atoms with van der Waals surface area (Å²) in [5.74, 6) is -0.336. The highest BCUT2D eigenvalue weighted by Crippen LogP contribution is 2.36. The zero-order chi connectivity index (χ0) is 21.2. The fourth-order valence-corrected chi connectivity index (χ4v) is 4.07. The average molecular weight is 403 g/mol. The summed E-state index contributed by atoms with van der Waals surface area (Å²) < 4.78 is 4.94. The van der Waals surface area contributed by atoms with Crippen molar-refractivity contribution >= 4 is 39.4 Å². The van der Waals surface area contributed by atoms with E-state index in [0.717, 1.165) is 44.1 Å². The number of fused-ring (bicyclic) bond motifs is 3. The molecule has 0 amide bonds. The molecular weight excluding hydrogens is 382 g/mol. The van der Waals surface area contributed by atoms with Crippen molar-refractivity contribution in [3.8, 4) is 0 Å². The van der Waals surface area contributed by atoms with Crippen molar-refractivity contribution in [1.29, 1.82) is 0 Å². The largest absolute Gasteiger partial charge is 0.465 e. The van der Waals surface area contributed by atoms with E-state index in [-0.39, 0.29) is 5.97 Å². The van der Waals surface area contributed by atoms with Gasteiger partial charge in [-0.05, 0) is 52.6 Å². The van der Waals surface area contributed by atoms with Crippen molar-refractivity contribution in [2.45, 2.75) is 0 Å². The zero-order valence-corrected chi connectivity index (χ0v) is 17.1.